The second kappa shape index (κ2) is 7.29. The Balaban J connectivity index is 1.89. The molecule has 1 saturated carbocycles. The summed E-state index contributed by atoms with van der Waals surface area (Å²) < 4.78 is 1.59. The summed E-state index contributed by atoms with van der Waals surface area (Å²) in [5, 5.41) is 14.5. The first kappa shape index (κ1) is 18.7. The molecule has 0 radical (unpaired) electrons. The van der Waals surface area contributed by atoms with Gasteiger partial charge in [-0.05, 0) is 44.0 Å². The second-order valence-corrected chi connectivity index (χ2v) is 7.45. The molecule has 138 valence electrons. The van der Waals surface area contributed by atoms with Crippen LogP contribution < -0.4 is 0 Å². The van der Waals surface area contributed by atoms with Gasteiger partial charge < -0.3 is 10.0 Å². The number of carbonyl (C=O) groups excluding carboxylic acids is 1. The number of hydrogen-bond donors (Lipinski definition) is 1. The average molecular weight is 396 g/mol. The maximum atomic E-state index is 12.9. The molecule has 6 nitrogen and oxygen atoms in total. The summed E-state index contributed by atoms with van der Waals surface area (Å²) in [5.41, 5.74) is 1.65. The van der Waals surface area contributed by atoms with Gasteiger partial charge in [-0.25, -0.2) is 4.68 Å². The molecule has 0 spiro atoms. The predicted octanol–water partition coefficient (Wildman–Crippen LogP) is 3.81. The first-order chi connectivity index (χ1) is 12.3. The topological polar surface area (TPSA) is 75.4 Å². The lowest BCUT2D eigenvalue weighted by Crippen LogP contribution is -2.38. The molecule has 3 rings (SSSR count). The molecule has 0 saturated heterocycles. The van der Waals surface area contributed by atoms with Crippen LogP contribution in [0.15, 0.2) is 24.3 Å². The molecule has 0 bridgehead atoms. The summed E-state index contributed by atoms with van der Waals surface area (Å²) in [6.07, 6.45) is 1.78. The minimum Gasteiger partial charge on any atom is -0.481 e. The van der Waals surface area contributed by atoms with Gasteiger partial charge in [0.05, 0.1) is 16.6 Å². The number of aliphatic carboxylic acids is 1. The Morgan fingerprint density at radius 1 is 1.35 bits per heavy atom. The quantitative estimate of drug-likeness (QED) is 0.806. The van der Waals surface area contributed by atoms with Crippen molar-refractivity contribution in [1.29, 1.82) is 0 Å². The Kier molecular flexibility index (Phi) is 5.25. The van der Waals surface area contributed by atoms with Gasteiger partial charge in [0.15, 0.2) is 5.69 Å². The fraction of sp³-hybridized carbons (Fsp3) is 0.389. The van der Waals surface area contributed by atoms with Crippen LogP contribution in [0.2, 0.25) is 10.0 Å². The summed E-state index contributed by atoms with van der Waals surface area (Å²) in [5.74, 6) is -1.81. The third kappa shape index (κ3) is 3.86. The number of halogens is 2. The monoisotopic (exact) mass is 395 g/mol. The number of rotatable bonds is 6. The van der Waals surface area contributed by atoms with E-state index in [-0.39, 0.29) is 24.2 Å². The number of carboxylic acid groups (broad SMARTS) is 1. The van der Waals surface area contributed by atoms with Crippen LogP contribution in [-0.4, -0.2) is 44.3 Å². The Morgan fingerprint density at radius 3 is 2.62 bits per heavy atom. The van der Waals surface area contributed by atoms with Crippen molar-refractivity contribution >= 4 is 35.1 Å². The van der Waals surface area contributed by atoms with Gasteiger partial charge in [0, 0.05) is 23.3 Å². The Labute approximate surface area is 161 Å². The van der Waals surface area contributed by atoms with E-state index in [1.165, 1.54) is 0 Å². The van der Waals surface area contributed by atoms with Crippen molar-refractivity contribution in [2.75, 3.05) is 6.54 Å². The lowest BCUT2D eigenvalue weighted by atomic mass is 10.1. The molecule has 1 unspecified atom stereocenters. The number of aryl methyl sites for hydroxylation is 1. The number of carbonyl (C=O) groups is 2. The smallest absolute Gasteiger partial charge is 0.308 e. The van der Waals surface area contributed by atoms with Crippen LogP contribution in [0, 0.1) is 12.8 Å². The lowest BCUT2D eigenvalue weighted by Gasteiger charge is -2.23. The Morgan fingerprint density at radius 2 is 2.04 bits per heavy atom. The van der Waals surface area contributed by atoms with Gasteiger partial charge in [0.2, 0.25) is 0 Å². The molecule has 1 heterocycles. The summed E-state index contributed by atoms with van der Waals surface area (Å²) in [4.78, 5) is 25.7. The standard InChI is InChI=1S/C18H19Cl2N3O3/c1-10(18(25)26)9-22(13-4-5-13)17(24)15-7-11(2)23(21-15)16-6-3-12(19)8-14(16)20/h3,6-8,10,13H,4-5,9H2,1-2H3,(H,25,26). The largest absolute Gasteiger partial charge is 0.481 e. The van der Waals surface area contributed by atoms with Gasteiger partial charge in [-0.3, -0.25) is 9.59 Å². The second-order valence-electron chi connectivity index (χ2n) is 6.61. The third-order valence-electron chi connectivity index (χ3n) is 4.39. The molecule has 1 fully saturated rings. The zero-order chi connectivity index (χ0) is 19.0. The Hall–Kier alpha value is -2.05. The number of carboxylic acids is 1. The molecule has 1 aromatic carbocycles. The summed E-state index contributed by atoms with van der Waals surface area (Å²) in [6, 6.07) is 6.84. The van der Waals surface area contributed by atoms with Crippen molar-refractivity contribution in [2.45, 2.75) is 32.7 Å². The minimum absolute atomic E-state index is 0.0916. The third-order valence-corrected chi connectivity index (χ3v) is 4.92. The number of aromatic nitrogens is 2. The van der Waals surface area contributed by atoms with Crippen molar-refractivity contribution in [3.05, 3.63) is 45.7 Å². The highest BCUT2D eigenvalue weighted by molar-refractivity contribution is 6.35. The van der Waals surface area contributed by atoms with Gasteiger partial charge in [-0.1, -0.05) is 30.1 Å². The van der Waals surface area contributed by atoms with E-state index in [9.17, 15) is 9.59 Å². The summed E-state index contributed by atoms with van der Waals surface area (Å²) >= 11 is 12.2. The lowest BCUT2D eigenvalue weighted by molar-refractivity contribution is -0.141. The number of nitrogens with zero attached hydrogens (tertiary/aromatic N) is 3. The minimum atomic E-state index is -0.918. The van der Waals surface area contributed by atoms with E-state index in [1.807, 2.05) is 6.92 Å². The van der Waals surface area contributed by atoms with Crippen LogP contribution in [0.5, 0.6) is 0 Å². The van der Waals surface area contributed by atoms with Crippen LogP contribution in [-0.2, 0) is 4.79 Å². The molecule has 2 aromatic rings. The molecule has 1 aromatic heterocycles. The normalized spacial score (nSPS) is 14.9. The van der Waals surface area contributed by atoms with Crippen LogP contribution >= 0.6 is 23.2 Å². The molecule has 0 aliphatic heterocycles. The van der Waals surface area contributed by atoms with Crippen LogP contribution in [0.4, 0.5) is 0 Å². The van der Waals surface area contributed by atoms with Crippen LogP contribution in [0.3, 0.4) is 0 Å². The number of amides is 1. The van der Waals surface area contributed by atoms with Gasteiger partial charge in [-0.15, -0.1) is 0 Å². The molecule has 1 aliphatic carbocycles. The van der Waals surface area contributed by atoms with E-state index in [2.05, 4.69) is 5.10 Å². The van der Waals surface area contributed by atoms with E-state index < -0.39 is 11.9 Å². The fourth-order valence-corrected chi connectivity index (χ4v) is 3.27. The molecular formula is C18H19Cl2N3O3. The fourth-order valence-electron chi connectivity index (χ4n) is 2.78. The van der Waals surface area contributed by atoms with Crippen molar-refractivity contribution in [2.24, 2.45) is 5.92 Å². The van der Waals surface area contributed by atoms with Crippen molar-refractivity contribution < 1.29 is 14.7 Å². The van der Waals surface area contributed by atoms with E-state index in [0.29, 0.717) is 15.7 Å². The number of hydrogen-bond acceptors (Lipinski definition) is 3. The van der Waals surface area contributed by atoms with Gasteiger partial charge in [0.25, 0.3) is 5.91 Å². The van der Waals surface area contributed by atoms with Gasteiger partial charge in [-0.2, -0.15) is 5.10 Å². The first-order valence-electron chi connectivity index (χ1n) is 8.33. The van der Waals surface area contributed by atoms with Crippen LogP contribution in [0.25, 0.3) is 5.69 Å². The van der Waals surface area contributed by atoms with Crippen molar-refractivity contribution in [3.63, 3.8) is 0 Å². The molecule has 1 aliphatic rings. The van der Waals surface area contributed by atoms with E-state index >= 15 is 0 Å². The SMILES string of the molecule is Cc1cc(C(=O)N(CC(C)C(=O)O)C2CC2)nn1-c1ccc(Cl)cc1Cl. The molecule has 1 atom stereocenters. The van der Waals surface area contributed by atoms with E-state index in [1.54, 1.807) is 40.8 Å². The zero-order valence-corrected chi connectivity index (χ0v) is 16.0. The maximum Gasteiger partial charge on any atom is 0.308 e. The van der Waals surface area contributed by atoms with Crippen molar-refractivity contribution in [3.8, 4) is 5.69 Å². The van der Waals surface area contributed by atoms with Gasteiger partial charge >= 0.3 is 5.97 Å². The van der Waals surface area contributed by atoms with Crippen molar-refractivity contribution in [1.82, 2.24) is 14.7 Å². The summed E-state index contributed by atoms with van der Waals surface area (Å²) in [7, 11) is 0. The highest BCUT2D eigenvalue weighted by atomic mass is 35.5. The van der Waals surface area contributed by atoms with Gasteiger partial charge in [0.1, 0.15) is 0 Å². The Bertz CT molecular complexity index is 861. The molecule has 1 N–H and O–H groups in total. The van der Waals surface area contributed by atoms with E-state index in [4.69, 9.17) is 28.3 Å². The van der Waals surface area contributed by atoms with E-state index in [0.717, 1.165) is 18.5 Å². The predicted molar refractivity (Wildman–Crippen MR) is 99.2 cm³/mol. The highest BCUT2D eigenvalue weighted by Gasteiger charge is 2.36. The molecular weight excluding hydrogens is 377 g/mol. The summed E-state index contributed by atoms with van der Waals surface area (Å²) in [6.45, 7) is 3.60. The average Bonchev–Trinajstić information content (AvgIpc) is 3.34. The molecule has 1 amide bonds. The maximum absolute atomic E-state index is 12.9. The van der Waals surface area contributed by atoms with Crippen LogP contribution in [0.1, 0.15) is 35.9 Å². The number of benzene rings is 1. The molecule has 8 heteroatoms. The zero-order valence-electron chi connectivity index (χ0n) is 14.4. The molecule has 26 heavy (non-hydrogen) atoms. The highest BCUT2D eigenvalue weighted by Crippen LogP contribution is 2.30. The first-order valence-corrected chi connectivity index (χ1v) is 9.09.